The van der Waals surface area contributed by atoms with E-state index in [1.807, 2.05) is 34.1 Å². The van der Waals surface area contributed by atoms with Crippen LogP contribution in [0.2, 0.25) is 0 Å². The van der Waals surface area contributed by atoms with E-state index in [4.69, 9.17) is 5.73 Å². The number of nitrogen functional groups attached to an aromatic ring is 1. The minimum absolute atomic E-state index is 0. The van der Waals surface area contributed by atoms with E-state index >= 15 is 0 Å². The first-order valence-electron chi connectivity index (χ1n) is 21.1. The van der Waals surface area contributed by atoms with Gasteiger partial charge in [0.1, 0.15) is 5.69 Å². The van der Waals surface area contributed by atoms with Gasteiger partial charge in [0.2, 0.25) is 5.82 Å². The van der Waals surface area contributed by atoms with Gasteiger partial charge in [-0.3, -0.25) is 34.6 Å². The Balaban J connectivity index is 0.000000328. The summed E-state index contributed by atoms with van der Waals surface area (Å²) in [5.74, 6) is -6.55. The summed E-state index contributed by atoms with van der Waals surface area (Å²) >= 11 is 0. The van der Waals surface area contributed by atoms with Crippen molar-refractivity contribution in [3.05, 3.63) is 98.8 Å². The Morgan fingerprint density at radius 2 is 1.00 bits per heavy atom. The fourth-order valence-corrected chi connectivity index (χ4v) is 7.27. The maximum atomic E-state index is 12.4. The van der Waals surface area contributed by atoms with Crippen molar-refractivity contribution in [1.82, 2.24) is 21.3 Å². The first-order valence-corrected chi connectivity index (χ1v) is 21.1. The average molecular weight is 1020 g/mol. The topological polar surface area (TPSA) is 218 Å². The number of carbonyl (C=O) groups excluding carboxylic acids is 3. The van der Waals surface area contributed by atoms with Crippen LogP contribution in [0.25, 0.3) is 0 Å². The summed E-state index contributed by atoms with van der Waals surface area (Å²) in [7, 11) is 0. The van der Waals surface area contributed by atoms with Gasteiger partial charge in [-0.05, 0) is 93.6 Å². The third kappa shape index (κ3) is 20.5. The van der Waals surface area contributed by atoms with E-state index in [2.05, 4.69) is 10.2 Å². The largest absolute Gasteiger partial charge is 0.471 e. The number of halogens is 11. The molecular weight excluding hydrogens is 968 g/mol. The standard InChI is InChI=1S/C14H16F3N3O3.C14H18F3N3O.C8H13F3N2O.C6H4FNO2.ClH/c15-14(16,17)13(21)18-8-10-4-3-7-19(9-10)11-5-1-2-6-12(11)20(22)23;15-14(16,17)13(21)19-8-10-4-3-7-20(9-10)12-6-2-1-5-11(12)18;9-8(10,11)7(14)13-5-6-2-1-3-12-4-6;7-5-3-1-2-4-6(5)8(9)10;/h1-2,5-6,10H,3-4,7-9H2,(H,18,21);1-2,5-6,10H,3-4,7-9,18H2,(H,19,21);6,12H,1-5H2,(H,13,14);1-4H;1H/t2*10-;6-;;/m001../s1. The van der Waals surface area contributed by atoms with E-state index in [9.17, 15) is 78.5 Å². The van der Waals surface area contributed by atoms with Crippen LogP contribution in [-0.2, 0) is 14.4 Å². The molecule has 69 heavy (non-hydrogen) atoms. The number of nitro groups is 2. The zero-order chi connectivity index (χ0) is 50.7. The summed E-state index contributed by atoms with van der Waals surface area (Å²) in [6.07, 6.45) is -9.65. The molecule has 6 N–H and O–H groups in total. The number of anilines is 3. The van der Waals surface area contributed by atoms with Gasteiger partial charge in [0.05, 0.1) is 21.2 Å². The average Bonchev–Trinajstić information content (AvgIpc) is 3.29. The SMILES string of the molecule is Cl.Nc1ccccc1N1CCC[C@@H](CNC(=O)C(F)(F)F)C1.O=C(NC[C@@H]1CCCN(c2ccccc2[N+](=O)[O-])C1)C(F)(F)F.O=C(NC[C@@H]1CCCNC1)C(F)(F)F.O=[N+]([O-])c1ccccc1F. The molecule has 3 aromatic rings. The van der Waals surface area contributed by atoms with Crippen molar-refractivity contribution in [2.75, 3.05) is 74.4 Å². The van der Waals surface area contributed by atoms with E-state index < -0.39 is 57.6 Å². The Bertz CT molecular complexity index is 2130. The molecule has 3 aliphatic rings. The zero-order valence-corrected chi connectivity index (χ0v) is 37.5. The van der Waals surface area contributed by atoms with E-state index in [1.54, 1.807) is 29.2 Å². The van der Waals surface area contributed by atoms with Crippen LogP contribution < -0.4 is 36.8 Å². The molecule has 0 aliphatic carbocycles. The van der Waals surface area contributed by atoms with E-state index in [0.29, 0.717) is 50.4 Å². The fourth-order valence-electron chi connectivity index (χ4n) is 7.27. The third-order valence-corrected chi connectivity index (χ3v) is 10.6. The first-order chi connectivity index (χ1) is 31.9. The Kier molecular flexibility index (Phi) is 23.7. The highest BCUT2D eigenvalue weighted by atomic mass is 35.5. The van der Waals surface area contributed by atoms with Crippen LogP contribution in [0, 0.1) is 43.8 Å². The third-order valence-electron chi connectivity index (χ3n) is 10.6. The molecule has 0 radical (unpaired) electrons. The molecule has 27 heteroatoms. The molecule has 0 saturated carbocycles. The second-order valence-electron chi connectivity index (χ2n) is 15.8. The highest BCUT2D eigenvalue weighted by Crippen LogP contribution is 2.32. The van der Waals surface area contributed by atoms with Crippen molar-refractivity contribution in [3.8, 4) is 0 Å². The quantitative estimate of drug-likeness (QED) is 0.0581. The predicted molar refractivity (Wildman–Crippen MR) is 237 cm³/mol. The number of piperidine rings is 3. The monoisotopic (exact) mass is 1020 g/mol. The molecule has 3 aliphatic heterocycles. The molecule has 6 rings (SSSR count). The number of nitro benzene ring substituents is 2. The maximum absolute atomic E-state index is 12.4. The van der Waals surface area contributed by atoms with Crippen molar-refractivity contribution in [3.63, 3.8) is 0 Å². The Morgan fingerprint density at radius 3 is 1.41 bits per heavy atom. The summed E-state index contributed by atoms with van der Waals surface area (Å²) in [5.41, 5.74) is 7.39. The highest BCUT2D eigenvalue weighted by Gasteiger charge is 2.40. The van der Waals surface area contributed by atoms with Gasteiger partial charge in [-0.1, -0.05) is 36.4 Å². The zero-order valence-electron chi connectivity index (χ0n) is 36.7. The van der Waals surface area contributed by atoms with Gasteiger partial charge in [-0.25, -0.2) is 0 Å². The smallest absolute Gasteiger partial charge is 0.397 e. The van der Waals surface area contributed by atoms with Crippen LogP contribution in [0.15, 0.2) is 72.8 Å². The molecule has 0 unspecified atom stereocenters. The second kappa shape index (κ2) is 27.7. The number of hydrogen-bond acceptors (Lipinski definition) is 11. The summed E-state index contributed by atoms with van der Waals surface area (Å²) in [5, 5.41) is 29.8. The number of carbonyl (C=O) groups is 3. The molecule has 384 valence electrons. The normalized spacial score (nSPS) is 18.1. The minimum atomic E-state index is -4.90. The van der Waals surface area contributed by atoms with E-state index in [0.717, 1.165) is 56.6 Å². The molecule has 16 nitrogen and oxygen atoms in total. The van der Waals surface area contributed by atoms with Gasteiger partial charge in [0.15, 0.2) is 0 Å². The number of benzene rings is 3. The summed E-state index contributed by atoms with van der Waals surface area (Å²) in [4.78, 5) is 55.8. The lowest BCUT2D eigenvalue weighted by atomic mass is 9.97. The molecule has 3 atom stereocenters. The molecule has 3 saturated heterocycles. The summed E-state index contributed by atoms with van der Waals surface area (Å²) < 4.78 is 121. The minimum Gasteiger partial charge on any atom is -0.397 e. The molecule has 0 bridgehead atoms. The van der Waals surface area contributed by atoms with Crippen LogP contribution in [0.4, 0.5) is 72.3 Å². The number of rotatable bonds is 10. The number of hydrogen-bond donors (Lipinski definition) is 5. The predicted octanol–water partition coefficient (Wildman–Crippen LogP) is 7.47. The number of para-hydroxylation sites is 5. The lowest BCUT2D eigenvalue weighted by molar-refractivity contribution is -0.387. The molecule has 0 spiro atoms. The van der Waals surface area contributed by atoms with Crippen molar-refractivity contribution >= 4 is 58.6 Å². The Morgan fingerprint density at radius 1 is 0.609 bits per heavy atom. The van der Waals surface area contributed by atoms with Crippen molar-refractivity contribution in [1.29, 1.82) is 0 Å². The fraction of sp³-hybridized carbons (Fsp3) is 0.500. The van der Waals surface area contributed by atoms with Crippen molar-refractivity contribution in [2.24, 2.45) is 17.8 Å². The Hall–Kier alpha value is -6.18. The van der Waals surface area contributed by atoms with Crippen molar-refractivity contribution in [2.45, 2.75) is 57.1 Å². The van der Waals surface area contributed by atoms with Crippen LogP contribution in [0.5, 0.6) is 0 Å². The van der Waals surface area contributed by atoms with Gasteiger partial charge in [0.25, 0.3) is 5.69 Å². The summed E-state index contributed by atoms with van der Waals surface area (Å²) in [6.45, 7) is 3.98. The summed E-state index contributed by atoms with van der Waals surface area (Å²) in [6, 6.07) is 18.7. The van der Waals surface area contributed by atoms with Crippen LogP contribution in [0.3, 0.4) is 0 Å². The van der Waals surface area contributed by atoms with Gasteiger partial charge >= 0.3 is 41.9 Å². The first kappa shape index (κ1) is 58.9. The van der Waals surface area contributed by atoms with Gasteiger partial charge in [0, 0.05) is 57.9 Å². The van der Waals surface area contributed by atoms with Crippen molar-refractivity contribution < 1.29 is 68.1 Å². The second-order valence-corrected chi connectivity index (χ2v) is 15.8. The number of nitrogens with zero attached hydrogens (tertiary/aromatic N) is 4. The number of nitrogens with two attached hydrogens (primary N) is 1. The lowest BCUT2D eigenvalue weighted by Gasteiger charge is -2.35. The number of alkyl halides is 9. The van der Waals surface area contributed by atoms with Crippen LogP contribution >= 0.6 is 12.4 Å². The number of nitrogens with one attached hydrogen (secondary N) is 4. The number of amides is 3. The maximum Gasteiger partial charge on any atom is 0.471 e. The lowest BCUT2D eigenvalue weighted by Crippen LogP contribution is -2.44. The molecule has 3 amide bonds. The molecule has 3 fully saturated rings. The van der Waals surface area contributed by atoms with Crippen LogP contribution in [0.1, 0.15) is 38.5 Å². The van der Waals surface area contributed by atoms with E-state index in [1.165, 1.54) is 18.2 Å². The van der Waals surface area contributed by atoms with E-state index in [-0.39, 0.29) is 55.5 Å². The molecular formula is C42H52ClF10N9O7. The van der Waals surface area contributed by atoms with Gasteiger partial charge < -0.3 is 36.8 Å². The Labute approximate surface area is 395 Å². The molecule has 3 heterocycles. The van der Waals surface area contributed by atoms with Crippen LogP contribution in [-0.4, -0.2) is 105 Å². The van der Waals surface area contributed by atoms with Gasteiger partial charge in [-0.2, -0.15) is 43.9 Å². The molecule has 0 aromatic heterocycles. The van der Waals surface area contributed by atoms with Gasteiger partial charge in [-0.15, -0.1) is 12.4 Å². The highest BCUT2D eigenvalue weighted by molar-refractivity contribution is 5.85. The molecule has 3 aromatic carbocycles.